The van der Waals surface area contributed by atoms with Gasteiger partial charge in [-0.1, -0.05) is 6.92 Å². The fourth-order valence-corrected chi connectivity index (χ4v) is 2.83. The van der Waals surface area contributed by atoms with E-state index in [2.05, 4.69) is 16.7 Å². The molecule has 0 amide bonds. The number of nitriles is 1. The number of nitrogens with zero attached hydrogens (tertiary/aromatic N) is 4. The molecule has 0 saturated carbocycles. The number of benzene rings is 1. The standard InChI is InChI=1S/C15H20N4O2/c1-3-18-8-6-13(7-9-18)17(2)14-4-5-15(19(20)21)12(10-14)11-16/h4-5,10,13H,3,6-9H2,1-2H3. The lowest BCUT2D eigenvalue weighted by atomic mass is 10.0. The molecule has 21 heavy (non-hydrogen) atoms. The van der Waals surface area contributed by atoms with Gasteiger partial charge in [-0.05, 0) is 31.5 Å². The lowest BCUT2D eigenvalue weighted by Crippen LogP contribution is -2.43. The lowest BCUT2D eigenvalue weighted by Gasteiger charge is -2.37. The Hall–Kier alpha value is -2.13. The van der Waals surface area contributed by atoms with Crippen LogP contribution < -0.4 is 4.90 Å². The Labute approximate surface area is 124 Å². The van der Waals surface area contributed by atoms with Crippen LogP contribution in [0, 0.1) is 21.4 Å². The number of nitro groups is 1. The number of hydrogen-bond donors (Lipinski definition) is 0. The van der Waals surface area contributed by atoms with Crippen LogP contribution in [0.15, 0.2) is 18.2 Å². The van der Waals surface area contributed by atoms with Gasteiger partial charge >= 0.3 is 0 Å². The molecule has 0 N–H and O–H groups in total. The molecule has 1 aliphatic heterocycles. The van der Waals surface area contributed by atoms with Crippen molar-refractivity contribution in [3.05, 3.63) is 33.9 Å². The molecular formula is C15H20N4O2. The predicted octanol–water partition coefficient (Wildman–Crippen LogP) is 2.39. The number of hydrogen-bond acceptors (Lipinski definition) is 5. The highest BCUT2D eigenvalue weighted by atomic mass is 16.6. The Bertz CT molecular complexity index is 559. The summed E-state index contributed by atoms with van der Waals surface area (Å²) in [7, 11) is 1.99. The maximum atomic E-state index is 10.9. The number of nitro benzene ring substituents is 1. The minimum atomic E-state index is -0.512. The molecule has 112 valence electrons. The molecule has 0 atom stereocenters. The Kier molecular flexibility index (Phi) is 4.76. The average molecular weight is 288 g/mol. The van der Waals surface area contributed by atoms with Gasteiger partial charge in [-0.15, -0.1) is 0 Å². The van der Waals surface area contributed by atoms with Gasteiger partial charge in [0.1, 0.15) is 11.6 Å². The second-order valence-corrected chi connectivity index (χ2v) is 5.35. The average Bonchev–Trinajstić information content (AvgIpc) is 2.53. The molecule has 6 heteroatoms. The minimum absolute atomic E-state index is 0.121. The summed E-state index contributed by atoms with van der Waals surface area (Å²) in [5, 5.41) is 19.9. The van der Waals surface area contributed by atoms with Crippen LogP contribution in [0.4, 0.5) is 11.4 Å². The molecule has 1 aromatic rings. The maximum absolute atomic E-state index is 10.9. The van der Waals surface area contributed by atoms with Crippen LogP contribution in [0.25, 0.3) is 0 Å². The summed E-state index contributed by atoms with van der Waals surface area (Å²) in [4.78, 5) is 14.9. The first-order valence-corrected chi connectivity index (χ1v) is 7.20. The molecule has 0 radical (unpaired) electrons. The van der Waals surface area contributed by atoms with E-state index < -0.39 is 4.92 Å². The smallest absolute Gasteiger partial charge is 0.287 e. The Morgan fingerprint density at radius 1 is 1.48 bits per heavy atom. The largest absolute Gasteiger partial charge is 0.371 e. The van der Waals surface area contributed by atoms with Gasteiger partial charge in [0.25, 0.3) is 5.69 Å². The number of piperidine rings is 1. The summed E-state index contributed by atoms with van der Waals surface area (Å²) >= 11 is 0. The molecule has 0 bridgehead atoms. The zero-order chi connectivity index (χ0) is 15.4. The van der Waals surface area contributed by atoms with Gasteiger partial charge in [0, 0.05) is 37.9 Å². The third-order valence-electron chi connectivity index (χ3n) is 4.26. The summed E-state index contributed by atoms with van der Waals surface area (Å²) in [5.41, 5.74) is 0.859. The third-order valence-corrected chi connectivity index (χ3v) is 4.26. The van der Waals surface area contributed by atoms with E-state index >= 15 is 0 Å². The van der Waals surface area contributed by atoms with Crippen molar-refractivity contribution in [2.45, 2.75) is 25.8 Å². The molecule has 0 unspecified atom stereocenters. The van der Waals surface area contributed by atoms with Crippen molar-refractivity contribution in [3.63, 3.8) is 0 Å². The summed E-state index contributed by atoms with van der Waals surface area (Å²) in [6.45, 7) is 5.39. The van der Waals surface area contributed by atoms with Gasteiger partial charge < -0.3 is 9.80 Å². The van der Waals surface area contributed by atoms with Crippen molar-refractivity contribution in [2.75, 3.05) is 31.6 Å². The molecule has 6 nitrogen and oxygen atoms in total. The topological polar surface area (TPSA) is 73.4 Å². The van der Waals surface area contributed by atoms with Crippen LogP contribution >= 0.6 is 0 Å². The van der Waals surface area contributed by atoms with Crippen molar-refractivity contribution < 1.29 is 4.92 Å². The highest BCUT2D eigenvalue weighted by Crippen LogP contribution is 2.27. The van der Waals surface area contributed by atoms with Crippen molar-refractivity contribution >= 4 is 11.4 Å². The van der Waals surface area contributed by atoms with E-state index in [1.165, 1.54) is 6.07 Å². The van der Waals surface area contributed by atoms with E-state index in [1.807, 2.05) is 13.1 Å². The Morgan fingerprint density at radius 2 is 2.14 bits per heavy atom. The SMILES string of the molecule is CCN1CCC(N(C)c2ccc([N+](=O)[O-])c(C#N)c2)CC1. The molecule has 0 aromatic heterocycles. The van der Waals surface area contributed by atoms with E-state index in [0.29, 0.717) is 6.04 Å². The first-order chi connectivity index (χ1) is 10.1. The number of likely N-dealkylation sites (tertiary alicyclic amines) is 1. The molecule has 1 heterocycles. The fourth-order valence-electron chi connectivity index (χ4n) is 2.83. The van der Waals surface area contributed by atoms with Crippen LogP contribution in [0.1, 0.15) is 25.3 Å². The second-order valence-electron chi connectivity index (χ2n) is 5.35. The van der Waals surface area contributed by atoms with Gasteiger partial charge in [-0.3, -0.25) is 10.1 Å². The first kappa shape index (κ1) is 15.3. The molecule has 1 aliphatic rings. The van der Waals surface area contributed by atoms with Gasteiger partial charge in [0.05, 0.1) is 4.92 Å². The van der Waals surface area contributed by atoms with Crippen LogP contribution in [0.5, 0.6) is 0 Å². The van der Waals surface area contributed by atoms with Crippen molar-refractivity contribution in [2.24, 2.45) is 0 Å². The second kappa shape index (κ2) is 6.55. The summed E-state index contributed by atoms with van der Waals surface area (Å²) < 4.78 is 0. The minimum Gasteiger partial charge on any atom is -0.371 e. The zero-order valence-corrected chi connectivity index (χ0v) is 12.5. The fraction of sp³-hybridized carbons (Fsp3) is 0.533. The van der Waals surface area contributed by atoms with Gasteiger partial charge in [-0.2, -0.15) is 5.26 Å². The highest BCUT2D eigenvalue weighted by Gasteiger charge is 2.23. The maximum Gasteiger partial charge on any atom is 0.287 e. The summed E-state index contributed by atoms with van der Waals surface area (Å²) in [6.07, 6.45) is 2.15. The summed E-state index contributed by atoms with van der Waals surface area (Å²) in [6, 6.07) is 7.10. The molecule has 1 saturated heterocycles. The quantitative estimate of drug-likeness (QED) is 0.628. The van der Waals surface area contributed by atoms with Crippen molar-refractivity contribution in [3.8, 4) is 6.07 Å². The molecule has 0 spiro atoms. The Morgan fingerprint density at radius 3 is 2.67 bits per heavy atom. The predicted molar refractivity (Wildman–Crippen MR) is 81.4 cm³/mol. The number of rotatable bonds is 4. The van der Waals surface area contributed by atoms with Crippen LogP contribution in [-0.2, 0) is 0 Å². The monoisotopic (exact) mass is 288 g/mol. The van der Waals surface area contributed by atoms with Gasteiger partial charge in [0.2, 0.25) is 0 Å². The van der Waals surface area contributed by atoms with Crippen LogP contribution in [-0.4, -0.2) is 42.5 Å². The summed E-state index contributed by atoms with van der Waals surface area (Å²) in [5.74, 6) is 0. The van der Waals surface area contributed by atoms with Crippen LogP contribution in [0.3, 0.4) is 0 Å². The van der Waals surface area contributed by atoms with Crippen molar-refractivity contribution in [1.29, 1.82) is 5.26 Å². The van der Waals surface area contributed by atoms with Crippen LogP contribution in [0.2, 0.25) is 0 Å². The molecule has 0 aliphatic carbocycles. The highest BCUT2D eigenvalue weighted by molar-refractivity contribution is 5.60. The lowest BCUT2D eigenvalue weighted by molar-refractivity contribution is -0.385. The third kappa shape index (κ3) is 3.31. The van der Waals surface area contributed by atoms with Crippen molar-refractivity contribution in [1.82, 2.24) is 4.90 Å². The molecule has 1 aromatic carbocycles. The van der Waals surface area contributed by atoms with E-state index in [9.17, 15) is 10.1 Å². The van der Waals surface area contributed by atoms with E-state index in [-0.39, 0.29) is 11.3 Å². The number of anilines is 1. The normalized spacial score (nSPS) is 16.4. The van der Waals surface area contributed by atoms with E-state index in [4.69, 9.17) is 5.26 Å². The van der Waals surface area contributed by atoms with Gasteiger partial charge in [0.15, 0.2) is 0 Å². The zero-order valence-electron chi connectivity index (χ0n) is 12.5. The van der Waals surface area contributed by atoms with Gasteiger partial charge in [-0.25, -0.2) is 0 Å². The van der Waals surface area contributed by atoms with E-state index in [0.717, 1.165) is 38.2 Å². The molecule has 2 rings (SSSR count). The van der Waals surface area contributed by atoms with E-state index in [1.54, 1.807) is 12.1 Å². The Balaban J connectivity index is 2.15. The first-order valence-electron chi connectivity index (χ1n) is 7.20. The molecular weight excluding hydrogens is 268 g/mol. The molecule has 1 fully saturated rings.